The molecule has 2 aromatic heterocycles. The van der Waals surface area contributed by atoms with E-state index in [0.717, 1.165) is 29.5 Å². The molecule has 2 aromatic rings. The van der Waals surface area contributed by atoms with E-state index in [0.29, 0.717) is 11.0 Å². The van der Waals surface area contributed by atoms with Crippen molar-refractivity contribution in [3.05, 3.63) is 21.9 Å². The number of nitrogens with zero attached hydrogens (tertiary/aromatic N) is 5. The van der Waals surface area contributed by atoms with Gasteiger partial charge in [0, 0.05) is 17.1 Å². The highest BCUT2D eigenvalue weighted by atomic mass is 32.2. The fourth-order valence-corrected chi connectivity index (χ4v) is 4.01. The summed E-state index contributed by atoms with van der Waals surface area (Å²) in [6.45, 7) is 3.78. The summed E-state index contributed by atoms with van der Waals surface area (Å²) in [7, 11) is 0. The summed E-state index contributed by atoms with van der Waals surface area (Å²) >= 11 is 2.71. The first-order valence-electron chi connectivity index (χ1n) is 6.98. The number of carbonyl (C=O) groups is 1. The molecule has 6 nitrogen and oxygen atoms in total. The fourth-order valence-electron chi connectivity index (χ4n) is 2.19. The lowest BCUT2D eigenvalue weighted by atomic mass is 10.1. The van der Waals surface area contributed by atoms with Gasteiger partial charge < -0.3 is 4.57 Å². The first-order valence-corrected chi connectivity index (χ1v) is 8.85. The molecule has 0 spiro atoms. The van der Waals surface area contributed by atoms with Gasteiger partial charge in [0.15, 0.2) is 16.9 Å². The maximum absolute atomic E-state index is 12.3. The summed E-state index contributed by atoms with van der Waals surface area (Å²) in [4.78, 5) is 16.6. The number of aryl methyl sites for hydroxylation is 2. The van der Waals surface area contributed by atoms with Crippen LogP contribution in [0.15, 0.2) is 10.5 Å². The number of thiazole rings is 1. The van der Waals surface area contributed by atoms with Gasteiger partial charge in [-0.3, -0.25) is 4.79 Å². The summed E-state index contributed by atoms with van der Waals surface area (Å²) in [5, 5.41) is 20.7. The third-order valence-corrected chi connectivity index (χ3v) is 5.42. The predicted octanol–water partition coefficient (Wildman–Crippen LogP) is 2.65. The summed E-state index contributed by atoms with van der Waals surface area (Å²) in [6, 6.07) is 2.54. The molecule has 8 heteroatoms. The monoisotopic (exact) mass is 333 g/mol. The summed E-state index contributed by atoms with van der Waals surface area (Å²) < 4.78 is 2.09. The minimum absolute atomic E-state index is 0.134. The summed E-state index contributed by atoms with van der Waals surface area (Å²) in [5.41, 5.74) is 0.838. The number of aromatic nitrogens is 4. The maximum Gasteiger partial charge on any atom is 0.191 e. The molecule has 3 rings (SSSR count). The van der Waals surface area contributed by atoms with Crippen molar-refractivity contribution in [2.24, 2.45) is 0 Å². The van der Waals surface area contributed by atoms with Crippen LogP contribution < -0.4 is 0 Å². The van der Waals surface area contributed by atoms with Gasteiger partial charge in [0.25, 0.3) is 0 Å². The van der Waals surface area contributed by atoms with Crippen LogP contribution in [0.2, 0.25) is 0 Å². The minimum atomic E-state index is -0.787. The number of carbonyl (C=O) groups excluding carboxylic acids is 1. The number of hydrogen-bond acceptors (Lipinski definition) is 7. The number of Topliss-reactive ketones (excluding diaryl/α,β-unsaturated/α-hetero) is 1. The van der Waals surface area contributed by atoms with Gasteiger partial charge >= 0.3 is 0 Å². The number of ketones is 1. The second-order valence-corrected chi connectivity index (χ2v) is 7.11. The first kappa shape index (κ1) is 15.2. The normalized spacial score (nSPS) is 15.5. The van der Waals surface area contributed by atoms with E-state index >= 15 is 0 Å². The lowest BCUT2D eigenvalue weighted by molar-refractivity contribution is -0.116. The molecule has 0 bridgehead atoms. The van der Waals surface area contributed by atoms with Crippen molar-refractivity contribution >= 4 is 28.9 Å². The second-order valence-electron chi connectivity index (χ2n) is 5.28. The molecule has 0 aliphatic heterocycles. The zero-order valence-electron chi connectivity index (χ0n) is 12.3. The molecule has 2 heterocycles. The molecule has 0 amide bonds. The van der Waals surface area contributed by atoms with Crippen molar-refractivity contribution in [2.45, 2.75) is 43.8 Å². The van der Waals surface area contributed by atoms with Crippen molar-refractivity contribution in [2.75, 3.05) is 5.75 Å². The van der Waals surface area contributed by atoms with E-state index in [2.05, 4.69) is 25.8 Å². The molecule has 1 fully saturated rings. The number of thioether (sulfide) groups is 1. The van der Waals surface area contributed by atoms with Crippen molar-refractivity contribution < 1.29 is 4.79 Å². The van der Waals surface area contributed by atoms with E-state index in [-0.39, 0.29) is 11.5 Å². The highest BCUT2D eigenvalue weighted by molar-refractivity contribution is 7.99. The Balaban J connectivity index is 1.68. The Morgan fingerprint density at radius 3 is 2.91 bits per heavy atom. The van der Waals surface area contributed by atoms with Gasteiger partial charge in [-0.2, -0.15) is 5.26 Å². The lowest BCUT2D eigenvalue weighted by Gasteiger charge is -2.07. The van der Waals surface area contributed by atoms with Crippen molar-refractivity contribution in [3.63, 3.8) is 0 Å². The molecular weight excluding hydrogens is 318 g/mol. The lowest BCUT2D eigenvalue weighted by Crippen LogP contribution is -2.13. The van der Waals surface area contributed by atoms with Gasteiger partial charge in [-0.25, -0.2) is 4.98 Å². The number of nitriles is 1. The molecule has 1 saturated carbocycles. The van der Waals surface area contributed by atoms with Crippen LogP contribution in [0.3, 0.4) is 0 Å². The molecule has 1 atom stereocenters. The molecule has 0 radical (unpaired) electrons. The molecule has 0 saturated heterocycles. The third kappa shape index (κ3) is 3.05. The van der Waals surface area contributed by atoms with Gasteiger partial charge in [0.2, 0.25) is 0 Å². The molecule has 22 heavy (non-hydrogen) atoms. The molecule has 114 valence electrons. The van der Waals surface area contributed by atoms with E-state index in [1.165, 1.54) is 23.1 Å². The fraction of sp³-hybridized carbons (Fsp3) is 0.500. The zero-order valence-corrected chi connectivity index (χ0v) is 13.9. The van der Waals surface area contributed by atoms with Crippen molar-refractivity contribution in [1.82, 2.24) is 19.7 Å². The number of hydrogen-bond donors (Lipinski definition) is 0. The highest BCUT2D eigenvalue weighted by Crippen LogP contribution is 2.38. The Morgan fingerprint density at radius 1 is 1.55 bits per heavy atom. The molecule has 0 aromatic carbocycles. The van der Waals surface area contributed by atoms with Crippen LogP contribution >= 0.6 is 23.1 Å². The average Bonchev–Trinajstić information content (AvgIpc) is 3.13. The largest absolute Gasteiger partial charge is 0.303 e. The van der Waals surface area contributed by atoms with Crippen LogP contribution in [0.5, 0.6) is 0 Å². The summed E-state index contributed by atoms with van der Waals surface area (Å²) in [5.74, 6) is 0.168. The van der Waals surface area contributed by atoms with E-state index in [1.807, 2.05) is 19.2 Å². The Kier molecular flexibility index (Phi) is 4.27. The van der Waals surface area contributed by atoms with Gasteiger partial charge in [0.1, 0.15) is 10.8 Å². The maximum atomic E-state index is 12.3. The van der Waals surface area contributed by atoms with Crippen molar-refractivity contribution in [3.8, 4) is 6.07 Å². The standard InChI is InChI=1S/C14H15N5OS2/c1-8-6-21-13(16-8)11(5-15)12(20)7-22-14-18-17-9(2)19(14)10-3-4-10/h6,10-11H,3-4,7H2,1-2H3/t11-/m1/s1. The smallest absolute Gasteiger partial charge is 0.191 e. The minimum Gasteiger partial charge on any atom is -0.303 e. The van der Waals surface area contributed by atoms with E-state index < -0.39 is 5.92 Å². The predicted molar refractivity (Wildman–Crippen MR) is 84.0 cm³/mol. The Morgan fingerprint density at radius 2 is 2.32 bits per heavy atom. The zero-order chi connectivity index (χ0) is 15.7. The van der Waals surface area contributed by atoms with Gasteiger partial charge in [-0.05, 0) is 26.7 Å². The SMILES string of the molecule is Cc1csc([C@H](C#N)C(=O)CSc2nnc(C)n2C2CC2)n1. The molecule has 1 aliphatic carbocycles. The highest BCUT2D eigenvalue weighted by Gasteiger charge is 2.29. The van der Waals surface area contributed by atoms with Gasteiger partial charge in [-0.15, -0.1) is 21.5 Å². The second kappa shape index (κ2) is 6.18. The average molecular weight is 333 g/mol. The van der Waals surface area contributed by atoms with Crippen LogP contribution in [0.1, 0.15) is 41.3 Å². The van der Waals surface area contributed by atoms with Crippen LogP contribution in [-0.2, 0) is 4.79 Å². The Labute approximate surface area is 136 Å². The molecule has 1 aliphatic rings. The number of rotatable bonds is 6. The Hall–Kier alpha value is -1.72. The van der Waals surface area contributed by atoms with Crippen molar-refractivity contribution in [1.29, 1.82) is 5.26 Å². The van der Waals surface area contributed by atoms with Crippen LogP contribution in [0, 0.1) is 25.2 Å². The van der Waals surface area contributed by atoms with Crippen LogP contribution in [0.25, 0.3) is 0 Å². The molecule has 0 N–H and O–H groups in total. The van der Waals surface area contributed by atoms with Gasteiger partial charge in [-0.1, -0.05) is 11.8 Å². The van der Waals surface area contributed by atoms with E-state index in [9.17, 15) is 10.1 Å². The van der Waals surface area contributed by atoms with E-state index in [1.54, 1.807) is 0 Å². The topological polar surface area (TPSA) is 84.5 Å². The first-order chi connectivity index (χ1) is 10.6. The quantitative estimate of drug-likeness (QED) is 0.756. The third-order valence-electron chi connectivity index (χ3n) is 3.43. The van der Waals surface area contributed by atoms with Gasteiger partial charge in [0.05, 0.1) is 11.8 Å². The summed E-state index contributed by atoms with van der Waals surface area (Å²) in [6.07, 6.45) is 2.28. The van der Waals surface area contributed by atoms with Crippen LogP contribution in [0.4, 0.5) is 0 Å². The Bertz CT molecular complexity index is 741. The van der Waals surface area contributed by atoms with E-state index in [4.69, 9.17) is 0 Å². The molecule has 0 unspecified atom stereocenters. The van der Waals surface area contributed by atoms with Crippen LogP contribution in [-0.4, -0.2) is 31.3 Å². The molecular formula is C14H15N5OS2.